The highest BCUT2D eigenvalue weighted by molar-refractivity contribution is 5.85. The summed E-state index contributed by atoms with van der Waals surface area (Å²) in [5, 5.41) is 3.29. The Balaban J connectivity index is 0.00000128. The van der Waals surface area contributed by atoms with Gasteiger partial charge in [0, 0.05) is 12.5 Å². The normalized spacial score (nSPS) is 20.5. The Morgan fingerprint density at radius 2 is 2.12 bits per heavy atom. The minimum atomic E-state index is 0. The van der Waals surface area contributed by atoms with E-state index in [9.17, 15) is 0 Å². The first kappa shape index (κ1) is 13.0. The molecule has 0 aromatic heterocycles. The summed E-state index contributed by atoms with van der Waals surface area (Å²) in [4.78, 5) is 4.43. The summed E-state index contributed by atoms with van der Waals surface area (Å²) in [6.45, 7) is 2.74. The van der Waals surface area contributed by atoms with E-state index < -0.39 is 0 Å². The van der Waals surface area contributed by atoms with Crippen molar-refractivity contribution in [2.24, 2.45) is 16.6 Å². The molecule has 1 fully saturated rings. The molecule has 1 heterocycles. The lowest BCUT2D eigenvalue weighted by atomic mass is 10.1. The summed E-state index contributed by atoms with van der Waals surface area (Å²) in [5.41, 5.74) is 7.15. The minimum Gasteiger partial charge on any atom is -0.387 e. The molecule has 0 aliphatic carbocycles. The lowest BCUT2D eigenvalue weighted by Gasteiger charge is -2.07. The Morgan fingerprint density at radius 1 is 1.38 bits per heavy atom. The first-order valence-electron chi connectivity index (χ1n) is 5.41. The third-order valence-electron chi connectivity index (χ3n) is 2.77. The van der Waals surface area contributed by atoms with Crippen molar-refractivity contribution in [3.8, 4) is 0 Å². The van der Waals surface area contributed by atoms with Gasteiger partial charge in [-0.15, -0.1) is 12.4 Å². The van der Waals surface area contributed by atoms with Crippen LogP contribution in [0.1, 0.15) is 12.0 Å². The van der Waals surface area contributed by atoms with Crippen LogP contribution in [-0.2, 0) is 6.54 Å². The quantitative estimate of drug-likeness (QED) is 0.622. The summed E-state index contributed by atoms with van der Waals surface area (Å²) in [6.07, 6.45) is 1.12. The van der Waals surface area contributed by atoms with Gasteiger partial charge in [-0.05, 0) is 18.5 Å². The molecule has 1 atom stereocenters. The van der Waals surface area contributed by atoms with E-state index in [0.29, 0.717) is 12.5 Å². The zero-order valence-corrected chi connectivity index (χ0v) is 10.0. The van der Waals surface area contributed by atoms with Gasteiger partial charge in [0.1, 0.15) is 0 Å². The number of amidine groups is 1. The molecule has 2 rings (SSSR count). The first-order chi connectivity index (χ1) is 7.36. The number of nitrogens with zero attached hydrogens (tertiary/aromatic N) is 1. The van der Waals surface area contributed by atoms with E-state index in [-0.39, 0.29) is 12.4 Å². The Kier molecular flexibility index (Phi) is 5.29. The molecule has 0 bridgehead atoms. The number of hydrogen-bond donors (Lipinski definition) is 2. The highest BCUT2D eigenvalue weighted by atomic mass is 35.5. The maximum Gasteiger partial charge on any atom is 0.0985 e. The Bertz CT molecular complexity index is 331. The van der Waals surface area contributed by atoms with Crippen LogP contribution in [0.15, 0.2) is 35.3 Å². The molecule has 0 amide bonds. The molecule has 0 saturated carbocycles. The van der Waals surface area contributed by atoms with Crippen molar-refractivity contribution < 1.29 is 0 Å². The average Bonchev–Trinajstić information content (AvgIpc) is 2.81. The Labute approximate surface area is 103 Å². The second-order valence-corrected chi connectivity index (χ2v) is 3.92. The summed E-state index contributed by atoms with van der Waals surface area (Å²) < 4.78 is 0. The van der Waals surface area contributed by atoms with E-state index >= 15 is 0 Å². The van der Waals surface area contributed by atoms with Crippen molar-refractivity contribution >= 4 is 18.2 Å². The van der Waals surface area contributed by atoms with Crippen LogP contribution < -0.4 is 11.1 Å². The van der Waals surface area contributed by atoms with Crippen LogP contribution in [0.25, 0.3) is 0 Å². The lowest BCUT2D eigenvalue weighted by Crippen LogP contribution is -2.25. The molecule has 16 heavy (non-hydrogen) atoms. The fourth-order valence-electron chi connectivity index (χ4n) is 1.80. The molecule has 1 aliphatic rings. The second-order valence-electron chi connectivity index (χ2n) is 3.92. The zero-order valence-electron chi connectivity index (χ0n) is 9.23. The smallest absolute Gasteiger partial charge is 0.0985 e. The van der Waals surface area contributed by atoms with Gasteiger partial charge >= 0.3 is 0 Å². The fourth-order valence-corrected chi connectivity index (χ4v) is 1.80. The van der Waals surface area contributed by atoms with E-state index in [1.165, 1.54) is 5.56 Å². The number of aliphatic imine (C=N–C) groups is 1. The highest BCUT2D eigenvalue weighted by Crippen LogP contribution is 2.08. The van der Waals surface area contributed by atoms with Gasteiger partial charge in [0.2, 0.25) is 0 Å². The maximum atomic E-state index is 5.94. The summed E-state index contributed by atoms with van der Waals surface area (Å²) in [7, 11) is 0. The third kappa shape index (κ3) is 3.51. The van der Waals surface area contributed by atoms with Crippen LogP contribution in [0, 0.1) is 5.92 Å². The average molecular weight is 240 g/mol. The SMILES string of the molecule is Cl.NC(=NCc1ccccc1)C1CCNC1. The molecule has 1 aliphatic heterocycles. The molecule has 1 saturated heterocycles. The topological polar surface area (TPSA) is 50.4 Å². The van der Waals surface area contributed by atoms with Crippen molar-refractivity contribution in [2.75, 3.05) is 13.1 Å². The Hall–Kier alpha value is -1.06. The summed E-state index contributed by atoms with van der Waals surface area (Å²) in [5.74, 6) is 1.23. The van der Waals surface area contributed by atoms with Crippen LogP contribution in [-0.4, -0.2) is 18.9 Å². The van der Waals surface area contributed by atoms with Gasteiger partial charge in [-0.1, -0.05) is 30.3 Å². The number of benzene rings is 1. The summed E-state index contributed by atoms with van der Waals surface area (Å²) in [6, 6.07) is 10.2. The number of nitrogens with two attached hydrogens (primary N) is 1. The van der Waals surface area contributed by atoms with E-state index in [1.54, 1.807) is 0 Å². The van der Waals surface area contributed by atoms with Gasteiger partial charge in [0.15, 0.2) is 0 Å². The molecule has 4 heteroatoms. The predicted octanol–water partition coefficient (Wildman–Crippen LogP) is 1.58. The van der Waals surface area contributed by atoms with Crippen molar-refractivity contribution in [1.29, 1.82) is 0 Å². The van der Waals surface area contributed by atoms with E-state index in [4.69, 9.17) is 5.73 Å². The van der Waals surface area contributed by atoms with Crippen LogP contribution in [0.2, 0.25) is 0 Å². The monoisotopic (exact) mass is 239 g/mol. The van der Waals surface area contributed by atoms with Crippen LogP contribution in [0.3, 0.4) is 0 Å². The summed E-state index contributed by atoms with van der Waals surface area (Å²) >= 11 is 0. The lowest BCUT2D eigenvalue weighted by molar-refractivity contribution is 0.756. The first-order valence-corrected chi connectivity index (χ1v) is 5.41. The molecule has 1 unspecified atom stereocenters. The van der Waals surface area contributed by atoms with Crippen molar-refractivity contribution in [2.45, 2.75) is 13.0 Å². The van der Waals surface area contributed by atoms with Crippen molar-refractivity contribution in [3.05, 3.63) is 35.9 Å². The molecular formula is C12H18ClN3. The Morgan fingerprint density at radius 3 is 2.75 bits per heavy atom. The van der Waals surface area contributed by atoms with Crippen LogP contribution in [0.4, 0.5) is 0 Å². The van der Waals surface area contributed by atoms with Gasteiger partial charge in [-0.2, -0.15) is 0 Å². The van der Waals surface area contributed by atoms with Gasteiger partial charge in [0.05, 0.1) is 12.4 Å². The van der Waals surface area contributed by atoms with Gasteiger partial charge < -0.3 is 11.1 Å². The fraction of sp³-hybridized carbons (Fsp3) is 0.417. The van der Waals surface area contributed by atoms with Gasteiger partial charge in [0.25, 0.3) is 0 Å². The zero-order chi connectivity index (χ0) is 10.5. The van der Waals surface area contributed by atoms with Gasteiger partial charge in [-0.3, -0.25) is 4.99 Å². The molecule has 0 spiro atoms. The maximum absolute atomic E-state index is 5.94. The van der Waals surface area contributed by atoms with Gasteiger partial charge in [-0.25, -0.2) is 0 Å². The predicted molar refractivity (Wildman–Crippen MR) is 70.0 cm³/mol. The highest BCUT2D eigenvalue weighted by Gasteiger charge is 2.17. The van der Waals surface area contributed by atoms with Crippen LogP contribution in [0.5, 0.6) is 0 Å². The van der Waals surface area contributed by atoms with Crippen molar-refractivity contribution in [1.82, 2.24) is 5.32 Å². The number of rotatable bonds is 3. The minimum absolute atomic E-state index is 0. The third-order valence-corrected chi connectivity index (χ3v) is 2.77. The number of nitrogens with one attached hydrogen (secondary N) is 1. The number of hydrogen-bond acceptors (Lipinski definition) is 2. The largest absolute Gasteiger partial charge is 0.387 e. The second kappa shape index (κ2) is 6.51. The van der Waals surface area contributed by atoms with E-state index in [0.717, 1.165) is 25.3 Å². The number of halogens is 1. The standard InChI is InChI=1S/C12H17N3.ClH/c13-12(11-6-7-14-9-11)15-8-10-4-2-1-3-5-10;/h1-5,11,14H,6-9H2,(H2,13,15);1H. The molecule has 3 N–H and O–H groups in total. The molecule has 1 aromatic carbocycles. The molecule has 3 nitrogen and oxygen atoms in total. The molecule has 88 valence electrons. The van der Waals surface area contributed by atoms with Crippen molar-refractivity contribution in [3.63, 3.8) is 0 Å². The van der Waals surface area contributed by atoms with E-state index in [2.05, 4.69) is 22.4 Å². The molecular weight excluding hydrogens is 222 g/mol. The van der Waals surface area contributed by atoms with Crippen LogP contribution >= 0.6 is 12.4 Å². The molecule has 0 radical (unpaired) electrons. The van der Waals surface area contributed by atoms with E-state index in [1.807, 2.05) is 18.2 Å². The molecule has 1 aromatic rings.